The lowest BCUT2D eigenvalue weighted by Crippen LogP contribution is -2.42. The first-order valence-corrected chi connectivity index (χ1v) is 11.8. The predicted octanol–water partition coefficient (Wildman–Crippen LogP) is 4.25. The van der Waals surface area contributed by atoms with Crippen LogP contribution in [0, 0.1) is 12.8 Å². The second kappa shape index (κ2) is 9.76. The molecule has 32 heavy (non-hydrogen) atoms. The van der Waals surface area contributed by atoms with Crippen molar-refractivity contribution < 1.29 is 19.1 Å². The number of benzene rings is 1. The number of ether oxygens (including phenoxy) is 2. The zero-order valence-electron chi connectivity index (χ0n) is 19.1. The topological polar surface area (TPSA) is 94.8 Å². The number of esters is 1. The third-order valence-electron chi connectivity index (χ3n) is 6.72. The summed E-state index contributed by atoms with van der Waals surface area (Å²) in [5.74, 6) is 0.550. The second-order valence-corrected chi connectivity index (χ2v) is 8.83. The highest BCUT2D eigenvalue weighted by Crippen LogP contribution is 2.35. The molecule has 0 spiro atoms. The summed E-state index contributed by atoms with van der Waals surface area (Å²) in [6.45, 7) is 4.98. The maximum atomic E-state index is 13.1. The summed E-state index contributed by atoms with van der Waals surface area (Å²) < 4.78 is 11.4. The van der Waals surface area contributed by atoms with Crippen molar-refractivity contribution in [1.29, 1.82) is 0 Å². The van der Waals surface area contributed by atoms with Gasteiger partial charge in [0.05, 0.1) is 34.9 Å². The summed E-state index contributed by atoms with van der Waals surface area (Å²) in [6, 6.07) is 5.62. The molecule has 2 N–H and O–H groups in total. The fourth-order valence-corrected chi connectivity index (χ4v) is 5.09. The van der Waals surface area contributed by atoms with E-state index in [1.165, 1.54) is 6.42 Å². The van der Waals surface area contributed by atoms with Crippen LogP contribution in [0.3, 0.4) is 0 Å². The van der Waals surface area contributed by atoms with Crippen molar-refractivity contribution in [2.45, 2.75) is 64.8 Å². The van der Waals surface area contributed by atoms with Gasteiger partial charge in [0.25, 0.3) is 0 Å². The number of carbonyl (C=O) groups is 2. The SMILES string of the molecule is CCOC(=O)c1c(C)nc2cccc(OC[C@H]3CCCN3C(=O)C3CCCCC3)c2c1N. The third-order valence-corrected chi connectivity index (χ3v) is 6.72. The van der Waals surface area contributed by atoms with Crippen LogP contribution in [0.25, 0.3) is 10.9 Å². The van der Waals surface area contributed by atoms with Crippen LogP contribution in [0.15, 0.2) is 18.2 Å². The van der Waals surface area contributed by atoms with Crippen LogP contribution in [-0.2, 0) is 9.53 Å². The zero-order valence-corrected chi connectivity index (χ0v) is 19.1. The number of carbonyl (C=O) groups excluding carboxylic acids is 2. The van der Waals surface area contributed by atoms with Crippen LogP contribution in [0.4, 0.5) is 5.69 Å². The van der Waals surface area contributed by atoms with Crippen LogP contribution < -0.4 is 10.5 Å². The Morgan fingerprint density at radius 1 is 1.16 bits per heavy atom. The average Bonchev–Trinajstić information content (AvgIpc) is 3.26. The van der Waals surface area contributed by atoms with E-state index < -0.39 is 5.97 Å². The molecule has 2 aliphatic rings. The van der Waals surface area contributed by atoms with Gasteiger partial charge in [-0.15, -0.1) is 0 Å². The average molecular weight is 440 g/mol. The molecule has 1 aliphatic carbocycles. The van der Waals surface area contributed by atoms with Gasteiger partial charge in [0, 0.05) is 12.5 Å². The van der Waals surface area contributed by atoms with E-state index in [0.717, 1.165) is 45.1 Å². The smallest absolute Gasteiger partial charge is 0.342 e. The van der Waals surface area contributed by atoms with Crippen molar-refractivity contribution in [3.8, 4) is 5.75 Å². The molecule has 2 heterocycles. The number of pyridine rings is 1. The van der Waals surface area contributed by atoms with Crippen LogP contribution in [0.5, 0.6) is 5.75 Å². The Hall–Kier alpha value is -2.83. The Balaban J connectivity index is 1.55. The number of fused-ring (bicyclic) bond motifs is 1. The Labute approximate surface area is 189 Å². The normalized spacial score (nSPS) is 19.3. The minimum Gasteiger partial charge on any atom is -0.491 e. The number of nitrogen functional groups attached to an aromatic ring is 1. The molecule has 0 bridgehead atoms. The lowest BCUT2D eigenvalue weighted by molar-refractivity contribution is -0.137. The van der Waals surface area contributed by atoms with Crippen LogP contribution >= 0.6 is 0 Å². The molecule has 1 aromatic carbocycles. The number of anilines is 1. The van der Waals surface area contributed by atoms with Crippen molar-refractivity contribution in [3.63, 3.8) is 0 Å². The molecule has 172 valence electrons. The second-order valence-electron chi connectivity index (χ2n) is 8.83. The van der Waals surface area contributed by atoms with E-state index in [9.17, 15) is 9.59 Å². The number of rotatable bonds is 6. The summed E-state index contributed by atoms with van der Waals surface area (Å²) in [7, 11) is 0. The lowest BCUT2D eigenvalue weighted by Gasteiger charge is -2.30. The molecule has 1 aliphatic heterocycles. The van der Waals surface area contributed by atoms with Crippen molar-refractivity contribution in [2.24, 2.45) is 5.92 Å². The summed E-state index contributed by atoms with van der Waals surface area (Å²) in [5.41, 5.74) is 8.23. The van der Waals surface area contributed by atoms with Gasteiger partial charge < -0.3 is 20.1 Å². The van der Waals surface area contributed by atoms with Crippen LogP contribution in [0.1, 0.15) is 67.9 Å². The standard InChI is InChI=1S/C25H33N3O4/c1-3-31-25(30)21-16(2)27-19-12-7-13-20(22(19)23(21)26)32-15-18-11-8-14-28(18)24(29)17-9-5-4-6-10-17/h7,12-13,17-18H,3-6,8-11,14-15H2,1-2H3,(H2,26,27)/t18-/m1/s1. The number of likely N-dealkylation sites (tertiary alicyclic amines) is 1. The quantitative estimate of drug-likeness (QED) is 0.676. The molecule has 1 amide bonds. The summed E-state index contributed by atoms with van der Waals surface area (Å²) in [6.07, 6.45) is 7.48. The Morgan fingerprint density at radius 2 is 1.94 bits per heavy atom. The van der Waals surface area contributed by atoms with Gasteiger partial charge in [0.1, 0.15) is 17.9 Å². The van der Waals surface area contributed by atoms with E-state index in [1.54, 1.807) is 13.8 Å². The molecule has 0 radical (unpaired) electrons. The van der Waals surface area contributed by atoms with Gasteiger partial charge in [-0.2, -0.15) is 0 Å². The molecule has 4 rings (SSSR count). The van der Waals surface area contributed by atoms with E-state index >= 15 is 0 Å². The monoisotopic (exact) mass is 439 g/mol. The van der Waals surface area contributed by atoms with Crippen LogP contribution in [-0.4, -0.2) is 47.6 Å². The Bertz CT molecular complexity index is 1000. The van der Waals surface area contributed by atoms with E-state index in [0.29, 0.717) is 34.6 Å². The van der Waals surface area contributed by atoms with Gasteiger partial charge in [-0.1, -0.05) is 25.3 Å². The highest BCUT2D eigenvalue weighted by molar-refractivity contribution is 6.07. The summed E-state index contributed by atoms with van der Waals surface area (Å²) >= 11 is 0. The van der Waals surface area contributed by atoms with Gasteiger partial charge in [-0.3, -0.25) is 9.78 Å². The van der Waals surface area contributed by atoms with Crippen molar-refractivity contribution in [1.82, 2.24) is 9.88 Å². The number of nitrogens with zero attached hydrogens (tertiary/aromatic N) is 2. The molecule has 1 atom stereocenters. The maximum absolute atomic E-state index is 13.1. The van der Waals surface area contributed by atoms with Gasteiger partial charge >= 0.3 is 5.97 Å². The molecule has 1 aromatic heterocycles. The number of amides is 1. The van der Waals surface area contributed by atoms with Crippen molar-refractivity contribution in [2.75, 3.05) is 25.5 Å². The lowest BCUT2D eigenvalue weighted by atomic mass is 9.88. The number of nitrogens with two attached hydrogens (primary N) is 1. The predicted molar refractivity (Wildman–Crippen MR) is 124 cm³/mol. The van der Waals surface area contributed by atoms with Gasteiger partial charge in [0.2, 0.25) is 5.91 Å². The number of hydrogen-bond donors (Lipinski definition) is 1. The van der Waals surface area contributed by atoms with Gasteiger partial charge in [-0.05, 0) is 51.7 Å². The summed E-state index contributed by atoms with van der Waals surface area (Å²) in [4.78, 5) is 32.1. The Kier molecular flexibility index (Phi) is 6.82. The van der Waals surface area contributed by atoms with Gasteiger partial charge in [-0.25, -0.2) is 4.79 Å². The molecular weight excluding hydrogens is 406 g/mol. The zero-order chi connectivity index (χ0) is 22.7. The fraction of sp³-hybridized carbons (Fsp3) is 0.560. The van der Waals surface area contributed by atoms with E-state index in [1.807, 2.05) is 23.1 Å². The molecule has 7 heteroatoms. The van der Waals surface area contributed by atoms with Crippen LogP contribution in [0.2, 0.25) is 0 Å². The van der Waals surface area contributed by atoms with Gasteiger partial charge in [0.15, 0.2) is 0 Å². The number of aromatic nitrogens is 1. The third kappa shape index (κ3) is 4.38. The molecule has 2 aromatic rings. The molecule has 1 saturated carbocycles. The molecule has 0 unspecified atom stereocenters. The largest absolute Gasteiger partial charge is 0.491 e. The first kappa shape index (κ1) is 22.4. The van der Waals surface area contributed by atoms with E-state index in [2.05, 4.69) is 4.98 Å². The number of hydrogen-bond acceptors (Lipinski definition) is 6. The van der Waals surface area contributed by atoms with E-state index in [-0.39, 0.29) is 30.0 Å². The molecule has 1 saturated heterocycles. The van der Waals surface area contributed by atoms with Crippen molar-refractivity contribution >= 4 is 28.5 Å². The minimum atomic E-state index is -0.480. The fourth-order valence-electron chi connectivity index (χ4n) is 5.09. The first-order valence-electron chi connectivity index (χ1n) is 11.8. The number of aryl methyl sites for hydroxylation is 1. The molecular formula is C25H33N3O4. The maximum Gasteiger partial charge on any atom is 0.342 e. The molecule has 7 nitrogen and oxygen atoms in total. The van der Waals surface area contributed by atoms with Crippen molar-refractivity contribution in [3.05, 3.63) is 29.5 Å². The Morgan fingerprint density at radius 3 is 2.69 bits per heavy atom. The summed E-state index contributed by atoms with van der Waals surface area (Å²) in [5, 5.41) is 0.615. The molecule has 2 fully saturated rings. The van der Waals surface area contributed by atoms with E-state index in [4.69, 9.17) is 15.2 Å². The first-order chi connectivity index (χ1) is 15.5. The highest BCUT2D eigenvalue weighted by Gasteiger charge is 2.34. The highest BCUT2D eigenvalue weighted by atomic mass is 16.5. The minimum absolute atomic E-state index is 0.0591.